The molecule has 0 bridgehead atoms. The summed E-state index contributed by atoms with van der Waals surface area (Å²) in [7, 11) is 0. The molecule has 0 radical (unpaired) electrons. The number of rotatable bonds is 7. The third-order valence-corrected chi connectivity index (χ3v) is 7.55. The highest BCUT2D eigenvalue weighted by Crippen LogP contribution is 2.34. The maximum absolute atomic E-state index is 13.7. The Morgan fingerprint density at radius 1 is 1.13 bits per heavy atom. The molecule has 1 aliphatic rings. The fourth-order valence-electron chi connectivity index (χ4n) is 5.34. The number of aromatic nitrogens is 2. The van der Waals surface area contributed by atoms with Crippen LogP contribution in [0.4, 0.5) is 11.5 Å². The van der Waals surface area contributed by atoms with E-state index in [-0.39, 0.29) is 30.0 Å². The summed E-state index contributed by atoms with van der Waals surface area (Å²) in [4.78, 5) is 28.4. The van der Waals surface area contributed by atoms with E-state index in [1.54, 1.807) is 22.7 Å². The topological polar surface area (TPSA) is 104 Å². The van der Waals surface area contributed by atoms with E-state index < -0.39 is 5.97 Å². The Labute approximate surface area is 228 Å². The Morgan fingerprint density at radius 3 is 2.49 bits per heavy atom. The van der Waals surface area contributed by atoms with Crippen LogP contribution in [0.5, 0.6) is 0 Å². The first kappa shape index (κ1) is 26.5. The Kier molecular flexibility index (Phi) is 7.46. The molecule has 39 heavy (non-hydrogen) atoms. The molecule has 2 N–H and O–H groups in total. The van der Waals surface area contributed by atoms with E-state index >= 15 is 0 Å². The fourth-order valence-corrected chi connectivity index (χ4v) is 5.34. The highest BCUT2D eigenvalue weighted by atomic mass is 16.5. The van der Waals surface area contributed by atoms with Crippen molar-refractivity contribution in [1.82, 2.24) is 9.78 Å². The van der Waals surface area contributed by atoms with E-state index in [2.05, 4.69) is 6.92 Å². The summed E-state index contributed by atoms with van der Waals surface area (Å²) in [5.74, 6) is 1.14. The molecule has 5 rings (SSSR count). The first-order valence-corrected chi connectivity index (χ1v) is 13.8. The van der Waals surface area contributed by atoms with Crippen molar-refractivity contribution in [2.24, 2.45) is 11.8 Å². The number of carbonyl (C=O) groups excluding carboxylic acids is 2. The van der Waals surface area contributed by atoms with Gasteiger partial charge in [-0.3, -0.25) is 9.69 Å². The predicted octanol–water partition coefficient (Wildman–Crippen LogP) is 6.61. The van der Waals surface area contributed by atoms with Crippen molar-refractivity contribution in [1.29, 1.82) is 0 Å². The van der Waals surface area contributed by atoms with E-state index in [1.807, 2.05) is 62.4 Å². The van der Waals surface area contributed by atoms with Gasteiger partial charge in [-0.25, -0.2) is 9.48 Å². The number of hydrogen-bond donors (Lipinski definition) is 1. The van der Waals surface area contributed by atoms with Crippen molar-refractivity contribution in [2.75, 3.05) is 17.2 Å². The molecule has 0 spiro atoms. The van der Waals surface area contributed by atoms with Crippen LogP contribution in [0.1, 0.15) is 63.7 Å². The smallest absolute Gasteiger partial charge is 0.343 e. The quantitative estimate of drug-likeness (QED) is 0.214. The molecule has 1 saturated carbocycles. The van der Waals surface area contributed by atoms with Crippen molar-refractivity contribution >= 4 is 34.4 Å². The molecular weight excluding hydrogens is 492 g/mol. The minimum atomic E-state index is -0.494. The van der Waals surface area contributed by atoms with Crippen molar-refractivity contribution in [2.45, 2.75) is 59.4 Å². The van der Waals surface area contributed by atoms with Gasteiger partial charge in [-0.15, -0.1) is 5.10 Å². The molecule has 1 aliphatic carbocycles. The lowest BCUT2D eigenvalue weighted by Crippen LogP contribution is -2.43. The molecule has 1 fully saturated rings. The maximum atomic E-state index is 13.7. The van der Waals surface area contributed by atoms with Gasteiger partial charge in [0.25, 0.3) is 0 Å². The minimum absolute atomic E-state index is 0.0206. The van der Waals surface area contributed by atoms with E-state index in [0.717, 1.165) is 47.9 Å². The molecule has 0 atom stereocenters. The number of furan rings is 1. The summed E-state index contributed by atoms with van der Waals surface area (Å²) >= 11 is 0. The van der Waals surface area contributed by atoms with Gasteiger partial charge in [-0.2, -0.15) is 0 Å². The minimum Gasteiger partial charge on any atom is -0.462 e. The average molecular weight is 529 g/mol. The highest BCUT2D eigenvalue weighted by molar-refractivity contribution is 6.02. The van der Waals surface area contributed by atoms with Crippen molar-refractivity contribution in [3.63, 3.8) is 0 Å². The summed E-state index contributed by atoms with van der Waals surface area (Å²) < 4.78 is 13.0. The number of carbonyl (C=O) groups is 2. The third-order valence-electron chi connectivity index (χ3n) is 7.55. The number of nitrogen functional groups attached to an aromatic ring is 1. The Hall–Kier alpha value is -4.07. The molecule has 0 aliphatic heterocycles. The lowest BCUT2D eigenvalue weighted by atomic mass is 9.82. The Morgan fingerprint density at radius 2 is 1.85 bits per heavy atom. The van der Waals surface area contributed by atoms with E-state index in [9.17, 15) is 9.59 Å². The average Bonchev–Trinajstić information content (AvgIpc) is 3.55. The molecule has 2 aromatic heterocycles. The highest BCUT2D eigenvalue weighted by Gasteiger charge is 2.34. The summed E-state index contributed by atoms with van der Waals surface area (Å²) in [5.41, 5.74) is 9.40. The van der Waals surface area contributed by atoms with Gasteiger partial charge in [0.2, 0.25) is 5.91 Å². The van der Waals surface area contributed by atoms with Gasteiger partial charge in [0, 0.05) is 34.8 Å². The van der Waals surface area contributed by atoms with Gasteiger partial charge in [-0.1, -0.05) is 13.0 Å². The van der Waals surface area contributed by atoms with Crippen molar-refractivity contribution in [3.05, 3.63) is 60.3 Å². The number of amides is 1. The van der Waals surface area contributed by atoms with Crippen molar-refractivity contribution < 1.29 is 18.7 Å². The maximum Gasteiger partial charge on any atom is 0.343 e. The standard InChI is InChI=1S/C31H36N4O4/c1-5-38-31(37)25-18-34(33-29(25)35(19(2)3)30(36)22-11-9-20(4)10-12-22)23-15-13-21(14-16-23)28-17-24-26(32)7-6-8-27(24)39-28/h6-8,13-20,22H,5,9-12,32H2,1-4H3/t20-,22-. The van der Waals surface area contributed by atoms with E-state index in [0.29, 0.717) is 23.2 Å². The third kappa shape index (κ3) is 5.28. The van der Waals surface area contributed by atoms with E-state index in [1.165, 1.54) is 0 Å². The van der Waals surface area contributed by atoms with Gasteiger partial charge in [-0.05, 0) is 94.8 Å². The van der Waals surface area contributed by atoms with Crippen LogP contribution in [0.2, 0.25) is 0 Å². The number of ether oxygens (including phenoxy) is 1. The lowest BCUT2D eigenvalue weighted by Gasteiger charge is -2.32. The molecule has 8 heteroatoms. The summed E-state index contributed by atoms with van der Waals surface area (Å²) in [5, 5.41) is 5.64. The van der Waals surface area contributed by atoms with Crippen LogP contribution in [0.15, 0.2) is 59.1 Å². The number of fused-ring (bicyclic) bond motifs is 1. The zero-order valence-electron chi connectivity index (χ0n) is 23.0. The summed E-state index contributed by atoms with van der Waals surface area (Å²) in [6, 6.07) is 15.0. The molecule has 8 nitrogen and oxygen atoms in total. The van der Waals surface area contributed by atoms with E-state index in [4.69, 9.17) is 20.0 Å². The number of anilines is 2. The van der Waals surface area contributed by atoms with Crippen LogP contribution in [0.25, 0.3) is 28.0 Å². The van der Waals surface area contributed by atoms with Crippen LogP contribution in [0.3, 0.4) is 0 Å². The number of nitrogens with two attached hydrogens (primary N) is 1. The first-order valence-electron chi connectivity index (χ1n) is 13.8. The zero-order valence-corrected chi connectivity index (χ0v) is 23.0. The van der Waals surface area contributed by atoms with Crippen LogP contribution >= 0.6 is 0 Å². The first-order chi connectivity index (χ1) is 18.8. The summed E-state index contributed by atoms with van der Waals surface area (Å²) in [6.07, 6.45) is 5.42. The van der Waals surface area contributed by atoms with Gasteiger partial charge >= 0.3 is 5.97 Å². The number of nitrogens with zero attached hydrogens (tertiary/aromatic N) is 3. The molecule has 2 aromatic carbocycles. The molecule has 1 amide bonds. The van der Waals surface area contributed by atoms with Crippen LogP contribution < -0.4 is 10.6 Å². The van der Waals surface area contributed by atoms with Crippen molar-refractivity contribution in [3.8, 4) is 17.0 Å². The van der Waals surface area contributed by atoms with Crippen LogP contribution in [0, 0.1) is 11.8 Å². The second-order valence-corrected chi connectivity index (χ2v) is 10.7. The number of esters is 1. The Bertz CT molecular complexity index is 1480. The number of hydrogen-bond acceptors (Lipinski definition) is 6. The monoisotopic (exact) mass is 528 g/mol. The number of benzene rings is 2. The van der Waals surface area contributed by atoms with Gasteiger partial charge in [0.15, 0.2) is 5.82 Å². The zero-order chi connectivity index (χ0) is 27.7. The second-order valence-electron chi connectivity index (χ2n) is 10.7. The Balaban J connectivity index is 1.49. The molecule has 2 heterocycles. The summed E-state index contributed by atoms with van der Waals surface area (Å²) in [6.45, 7) is 8.13. The molecule has 0 saturated heterocycles. The largest absolute Gasteiger partial charge is 0.462 e. The van der Waals surface area contributed by atoms with Gasteiger partial charge < -0.3 is 14.9 Å². The normalized spacial score (nSPS) is 17.5. The predicted molar refractivity (Wildman–Crippen MR) is 153 cm³/mol. The van der Waals surface area contributed by atoms with Gasteiger partial charge in [0.05, 0.1) is 12.3 Å². The van der Waals surface area contributed by atoms with Crippen LogP contribution in [-0.2, 0) is 9.53 Å². The van der Waals surface area contributed by atoms with Gasteiger partial charge in [0.1, 0.15) is 16.9 Å². The van der Waals surface area contributed by atoms with Crippen LogP contribution in [-0.4, -0.2) is 34.3 Å². The lowest BCUT2D eigenvalue weighted by molar-refractivity contribution is -0.124. The molecular formula is C31H36N4O4. The molecule has 0 unspecified atom stereocenters. The SMILES string of the molecule is CCOC(=O)c1cn(-c2ccc(-c3cc4c(N)cccc4o3)cc2)nc1N(C(=O)[C@H]1CC[C@H](C)CC1)C(C)C. The fraction of sp³-hybridized carbons (Fsp3) is 0.387. The molecule has 4 aromatic rings. The molecule has 204 valence electrons. The second kappa shape index (κ2) is 11.0.